The Hall–Kier alpha value is -1.66. The Morgan fingerprint density at radius 3 is 3.06 bits per heavy atom. The van der Waals surface area contributed by atoms with Crippen LogP contribution < -0.4 is 11.1 Å². The lowest BCUT2D eigenvalue weighted by molar-refractivity contribution is -0.0855. The van der Waals surface area contributed by atoms with Gasteiger partial charge in [0.05, 0.1) is 37.8 Å². The molecular weight excluding hydrogens is 222 g/mol. The molecule has 1 aromatic rings. The molecule has 2 rings (SSSR count). The van der Waals surface area contributed by atoms with Crippen molar-refractivity contribution in [2.45, 2.75) is 6.10 Å². The van der Waals surface area contributed by atoms with E-state index in [2.05, 4.69) is 10.3 Å². The minimum atomic E-state index is -0.237. The maximum Gasteiger partial charge on any atom is 0.269 e. The van der Waals surface area contributed by atoms with E-state index in [0.29, 0.717) is 37.7 Å². The highest BCUT2D eigenvalue weighted by atomic mass is 16.6. The van der Waals surface area contributed by atoms with Crippen molar-refractivity contribution in [1.29, 1.82) is 0 Å². The highest BCUT2D eigenvalue weighted by molar-refractivity contribution is 5.92. The summed E-state index contributed by atoms with van der Waals surface area (Å²) in [5.41, 5.74) is 6.36. The second kappa shape index (κ2) is 5.60. The van der Waals surface area contributed by atoms with Gasteiger partial charge in [-0.15, -0.1) is 0 Å². The van der Waals surface area contributed by atoms with Gasteiger partial charge in [0.15, 0.2) is 0 Å². The molecule has 6 nitrogen and oxygen atoms in total. The first-order valence-electron chi connectivity index (χ1n) is 5.45. The predicted molar refractivity (Wildman–Crippen MR) is 61.5 cm³/mol. The van der Waals surface area contributed by atoms with Crippen LogP contribution in [-0.4, -0.2) is 43.4 Å². The number of nitrogens with zero attached hydrogens (tertiary/aromatic N) is 1. The normalized spacial score (nSPS) is 19.9. The zero-order chi connectivity index (χ0) is 12.1. The summed E-state index contributed by atoms with van der Waals surface area (Å²) in [4.78, 5) is 15.6. The van der Waals surface area contributed by atoms with Crippen LogP contribution >= 0.6 is 0 Å². The van der Waals surface area contributed by atoms with Crippen molar-refractivity contribution in [3.05, 3.63) is 24.0 Å². The fourth-order valence-electron chi connectivity index (χ4n) is 1.49. The monoisotopic (exact) mass is 237 g/mol. The number of nitrogens with one attached hydrogen (secondary N) is 1. The van der Waals surface area contributed by atoms with Gasteiger partial charge in [0, 0.05) is 6.54 Å². The number of pyridine rings is 1. The Labute approximate surface area is 99.1 Å². The van der Waals surface area contributed by atoms with Gasteiger partial charge < -0.3 is 20.5 Å². The van der Waals surface area contributed by atoms with Crippen LogP contribution in [0, 0.1) is 0 Å². The lowest BCUT2D eigenvalue weighted by atomic mass is 10.3. The standard InChI is InChI=1S/C11H15N3O3/c12-8-1-2-10(13-5-8)11(15)14-6-9-7-16-3-4-17-9/h1-2,5,9H,3-4,6-7,12H2,(H,14,15). The summed E-state index contributed by atoms with van der Waals surface area (Å²) in [5.74, 6) is -0.237. The van der Waals surface area contributed by atoms with Crippen LogP contribution in [0.4, 0.5) is 5.69 Å². The van der Waals surface area contributed by atoms with E-state index in [9.17, 15) is 4.79 Å². The number of carbonyl (C=O) groups excluding carboxylic acids is 1. The Morgan fingerprint density at radius 2 is 2.41 bits per heavy atom. The van der Waals surface area contributed by atoms with Gasteiger partial charge in [-0.25, -0.2) is 4.98 Å². The van der Waals surface area contributed by atoms with E-state index in [1.54, 1.807) is 12.1 Å². The number of hydrogen-bond donors (Lipinski definition) is 2. The van der Waals surface area contributed by atoms with E-state index in [4.69, 9.17) is 15.2 Å². The Balaban J connectivity index is 1.82. The number of hydrogen-bond acceptors (Lipinski definition) is 5. The van der Waals surface area contributed by atoms with E-state index < -0.39 is 0 Å². The zero-order valence-electron chi connectivity index (χ0n) is 9.39. The number of anilines is 1. The highest BCUT2D eigenvalue weighted by Gasteiger charge is 2.16. The molecule has 1 unspecified atom stereocenters. The number of nitrogens with two attached hydrogens (primary N) is 1. The van der Waals surface area contributed by atoms with Crippen LogP contribution in [0.2, 0.25) is 0 Å². The third kappa shape index (κ3) is 3.40. The van der Waals surface area contributed by atoms with E-state index in [0.717, 1.165) is 0 Å². The largest absolute Gasteiger partial charge is 0.397 e. The summed E-state index contributed by atoms with van der Waals surface area (Å²) in [6.07, 6.45) is 1.37. The lowest BCUT2D eigenvalue weighted by Crippen LogP contribution is -2.39. The van der Waals surface area contributed by atoms with Gasteiger partial charge in [-0.3, -0.25) is 4.79 Å². The molecule has 1 amide bonds. The highest BCUT2D eigenvalue weighted by Crippen LogP contribution is 2.02. The first-order chi connectivity index (χ1) is 8.25. The van der Waals surface area contributed by atoms with Crippen LogP contribution in [0.3, 0.4) is 0 Å². The molecule has 6 heteroatoms. The minimum Gasteiger partial charge on any atom is -0.397 e. The third-order valence-electron chi connectivity index (χ3n) is 2.39. The Bertz CT molecular complexity index is 374. The van der Waals surface area contributed by atoms with Gasteiger partial charge in [0.2, 0.25) is 0 Å². The van der Waals surface area contributed by atoms with Crippen molar-refractivity contribution >= 4 is 11.6 Å². The Kier molecular flexibility index (Phi) is 3.89. The summed E-state index contributed by atoms with van der Waals surface area (Å²) in [6.45, 7) is 2.12. The maximum absolute atomic E-state index is 11.7. The lowest BCUT2D eigenvalue weighted by Gasteiger charge is -2.22. The number of amides is 1. The quantitative estimate of drug-likeness (QED) is 0.761. The third-order valence-corrected chi connectivity index (χ3v) is 2.39. The van der Waals surface area contributed by atoms with Crippen LogP contribution in [0.25, 0.3) is 0 Å². The number of ether oxygens (including phenoxy) is 2. The summed E-state index contributed by atoms with van der Waals surface area (Å²) < 4.78 is 10.6. The fourth-order valence-corrected chi connectivity index (χ4v) is 1.49. The van der Waals surface area contributed by atoms with Gasteiger partial charge in [-0.05, 0) is 12.1 Å². The van der Waals surface area contributed by atoms with Crippen LogP contribution in [-0.2, 0) is 9.47 Å². The van der Waals surface area contributed by atoms with E-state index in [1.807, 2.05) is 0 Å². The zero-order valence-corrected chi connectivity index (χ0v) is 9.39. The van der Waals surface area contributed by atoms with Crippen LogP contribution in [0.5, 0.6) is 0 Å². The molecule has 2 heterocycles. The molecule has 3 N–H and O–H groups in total. The molecule has 0 aliphatic carbocycles. The molecule has 0 saturated carbocycles. The minimum absolute atomic E-state index is 0.0820. The first-order valence-corrected chi connectivity index (χ1v) is 5.45. The molecular formula is C11H15N3O3. The van der Waals surface area contributed by atoms with Gasteiger partial charge in [-0.1, -0.05) is 0 Å². The average Bonchev–Trinajstić information content (AvgIpc) is 2.38. The van der Waals surface area contributed by atoms with Gasteiger partial charge in [-0.2, -0.15) is 0 Å². The number of carbonyl (C=O) groups is 1. The summed E-state index contributed by atoms with van der Waals surface area (Å²) in [5, 5.41) is 2.74. The second-order valence-corrected chi connectivity index (χ2v) is 3.75. The summed E-state index contributed by atoms with van der Waals surface area (Å²) in [6, 6.07) is 3.23. The SMILES string of the molecule is Nc1ccc(C(=O)NCC2COCCO2)nc1. The number of rotatable bonds is 3. The van der Waals surface area contributed by atoms with Crippen molar-refractivity contribution in [2.75, 3.05) is 32.1 Å². The molecule has 92 valence electrons. The Morgan fingerprint density at radius 1 is 1.53 bits per heavy atom. The van der Waals surface area contributed by atoms with Crippen LogP contribution in [0.1, 0.15) is 10.5 Å². The molecule has 1 fully saturated rings. The molecule has 17 heavy (non-hydrogen) atoms. The number of nitrogen functional groups attached to an aromatic ring is 1. The average molecular weight is 237 g/mol. The van der Waals surface area contributed by atoms with Crippen LogP contribution in [0.15, 0.2) is 18.3 Å². The number of aromatic nitrogens is 1. The van der Waals surface area contributed by atoms with E-state index >= 15 is 0 Å². The molecule has 0 aromatic carbocycles. The summed E-state index contributed by atoms with van der Waals surface area (Å²) in [7, 11) is 0. The van der Waals surface area contributed by atoms with Crippen molar-refractivity contribution in [2.24, 2.45) is 0 Å². The first kappa shape index (κ1) is 11.8. The molecule has 1 aliphatic heterocycles. The predicted octanol–water partition coefficient (Wildman–Crippen LogP) is -0.191. The molecule has 0 bridgehead atoms. The van der Waals surface area contributed by atoms with Crippen molar-refractivity contribution in [3.8, 4) is 0 Å². The van der Waals surface area contributed by atoms with Gasteiger partial charge in [0.25, 0.3) is 5.91 Å². The van der Waals surface area contributed by atoms with Gasteiger partial charge in [0.1, 0.15) is 5.69 Å². The molecule has 1 atom stereocenters. The molecule has 1 aromatic heterocycles. The van der Waals surface area contributed by atoms with Crippen molar-refractivity contribution in [1.82, 2.24) is 10.3 Å². The topological polar surface area (TPSA) is 86.5 Å². The second-order valence-electron chi connectivity index (χ2n) is 3.75. The smallest absolute Gasteiger partial charge is 0.269 e. The molecule has 0 radical (unpaired) electrons. The fraction of sp³-hybridized carbons (Fsp3) is 0.455. The van der Waals surface area contributed by atoms with Crippen molar-refractivity contribution in [3.63, 3.8) is 0 Å². The molecule has 0 spiro atoms. The van der Waals surface area contributed by atoms with E-state index in [-0.39, 0.29) is 12.0 Å². The van der Waals surface area contributed by atoms with Crippen molar-refractivity contribution < 1.29 is 14.3 Å². The molecule has 1 saturated heterocycles. The van der Waals surface area contributed by atoms with E-state index in [1.165, 1.54) is 6.20 Å². The maximum atomic E-state index is 11.7. The summed E-state index contributed by atoms with van der Waals surface area (Å²) >= 11 is 0. The molecule has 1 aliphatic rings. The van der Waals surface area contributed by atoms with Gasteiger partial charge >= 0.3 is 0 Å².